The van der Waals surface area contributed by atoms with Crippen molar-refractivity contribution in [2.24, 2.45) is 0 Å². The third-order valence-corrected chi connectivity index (χ3v) is 5.03. The Kier molecular flexibility index (Phi) is 5.50. The van der Waals surface area contributed by atoms with E-state index in [1.807, 2.05) is 53.4 Å². The van der Waals surface area contributed by atoms with Crippen LogP contribution < -0.4 is 10.6 Å². The Balaban J connectivity index is 1.49. The first kappa shape index (κ1) is 18.4. The summed E-state index contributed by atoms with van der Waals surface area (Å²) < 4.78 is 0. The van der Waals surface area contributed by atoms with E-state index in [-0.39, 0.29) is 11.9 Å². The summed E-state index contributed by atoms with van der Waals surface area (Å²) in [5.41, 5.74) is 2.44. The number of hydrogen-bond acceptors (Lipinski definition) is 5. The Labute approximate surface area is 168 Å². The summed E-state index contributed by atoms with van der Waals surface area (Å²) in [6.07, 6.45) is 4.87. The standard InChI is InChI=1S/C21H20ClN5O/c22-18-7-2-1-6-17(18)19-14-27(11-10-24-19)21(28)15-4-3-5-16(12-15)26-20-13-23-8-9-25-20/h1-9,12-13,19,24H,10-11,14H2,(H,25,26). The molecule has 1 saturated heterocycles. The summed E-state index contributed by atoms with van der Waals surface area (Å²) in [5.74, 6) is 0.634. The fourth-order valence-electron chi connectivity index (χ4n) is 3.32. The third kappa shape index (κ3) is 4.13. The maximum absolute atomic E-state index is 13.1. The quantitative estimate of drug-likeness (QED) is 0.707. The number of halogens is 1. The topological polar surface area (TPSA) is 70.2 Å². The Morgan fingerprint density at radius 1 is 1.18 bits per heavy atom. The van der Waals surface area contributed by atoms with Crippen molar-refractivity contribution in [3.8, 4) is 0 Å². The molecule has 28 heavy (non-hydrogen) atoms. The van der Waals surface area contributed by atoms with Crippen LogP contribution in [0.5, 0.6) is 0 Å². The molecule has 7 heteroatoms. The molecule has 2 aromatic carbocycles. The molecule has 2 heterocycles. The van der Waals surface area contributed by atoms with Gasteiger partial charge in [0.05, 0.1) is 12.2 Å². The van der Waals surface area contributed by atoms with Gasteiger partial charge < -0.3 is 15.5 Å². The van der Waals surface area contributed by atoms with Gasteiger partial charge in [-0.3, -0.25) is 9.78 Å². The van der Waals surface area contributed by atoms with E-state index in [1.165, 1.54) is 0 Å². The van der Waals surface area contributed by atoms with Gasteiger partial charge in [-0.15, -0.1) is 0 Å². The van der Waals surface area contributed by atoms with Crippen LogP contribution in [0.4, 0.5) is 11.5 Å². The van der Waals surface area contributed by atoms with Crippen LogP contribution in [-0.4, -0.2) is 40.4 Å². The van der Waals surface area contributed by atoms with E-state index in [1.54, 1.807) is 18.6 Å². The number of piperazine rings is 1. The lowest BCUT2D eigenvalue weighted by Gasteiger charge is -2.34. The zero-order chi connectivity index (χ0) is 19.3. The highest BCUT2D eigenvalue weighted by atomic mass is 35.5. The molecule has 0 aliphatic carbocycles. The number of carbonyl (C=O) groups is 1. The zero-order valence-electron chi connectivity index (χ0n) is 15.2. The lowest BCUT2D eigenvalue weighted by Crippen LogP contribution is -2.48. The smallest absolute Gasteiger partial charge is 0.254 e. The zero-order valence-corrected chi connectivity index (χ0v) is 15.9. The Morgan fingerprint density at radius 3 is 2.89 bits per heavy atom. The van der Waals surface area contributed by atoms with Gasteiger partial charge in [0.15, 0.2) is 0 Å². The van der Waals surface area contributed by atoms with Gasteiger partial charge in [0.1, 0.15) is 5.82 Å². The van der Waals surface area contributed by atoms with Gasteiger partial charge in [-0.05, 0) is 29.8 Å². The lowest BCUT2D eigenvalue weighted by molar-refractivity contribution is 0.0703. The fourth-order valence-corrected chi connectivity index (χ4v) is 3.59. The third-order valence-electron chi connectivity index (χ3n) is 4.69. The SMILES string of the molecule is O=C(c1cccc(Nc2cnccn2)c1)N1CCNC(c2ccccc2Cl)C1. The summed E-state index contributed by atoms with van der Waals surface area (Å²) in [5, 5.41) is 7.33. The molecule has 1 aliphatic rings. The van der Waals surface area contributed by atoms with Crippen molar-refractivity contribution in [3.63, 3.8) is 0 Å². The second-order valence-electron chi connectivity index (χ2n) is 6.58. The number of benzene rings is 2. The number of nitrogens with one attached hydrogen (secondary N) is 2. The van der Waals surface area contributed by atoms with E-state index < -0.39 is 0 Å². The summed E-state index contributed by atoms with van der Waals surface area (Å²) in [6, 6.07) is 15.2. The van der Waals surface area contributed by atoms with Gasteiger partial charge in [-0.25, -0.2) is 4.98 Å². The van der Waals surface area contributed by atoms with E-state index in [2.05, 4.69) is 20.6 Å². The maximum atomic E-state index is 13.1. The molecule has 1 aromatic heterocycles. The molecule has 6 nitrogen and oxygen atoms in total. The molecule has 1 fully saturated rings. The Hall–Kier alpha value is -2.96. The van der Waals surface area contributed by atoms with Crippen LogP contribution in [0.3, 0.4) is 0 Å². The molecule has 3 aromatic rings. The molecule has 1 amide bonds. The van der Waals surface area contributed by atoms with Gasteiger partial charge in [0.2, 0.25) is 0 Å². The van der Waals surface area contributed by atoms with Gasteiger partial charge in [0.25, 0.3) is 5.91 Å². The fraction of sp³-hybridized carbons (Fsp3) is 0.190. The minimum atomic E-state index is 0.00125. The molecule has 0 spiro atoms. The van der Waals surface area contributed by atoms with E-state index in [4.69, 9.17) is 11.6 Å². The van der Waals surface area contributed by atoms with Crippen LogP contribution in [0.15, 0.2) is 67.1 Å². The van der Waals surface area contributed by atoms with Crippen molar-refractivity contribution in [1.82, 2.24) is 20.2 Å². The molecule has 1 unspecified atom stereocenters. The molecule has 0 saturated carbocycles. The molecule has 142 valence electrons. The first-order valence-corrected chi connectivity index (χ1v) is 9.49. The second kappa shape index (κ2) is 8.37. The highest BCUT2D eigenvalue weighted by Gasteiger charge is 2.26. The lowest BCUT2D eigenvalue weighted by atomic mass is 10.0. The van der Waals surface area contributed by atoms with Crippen molar-refractivity contribution in [1.29, 1.82) is 0 Å². The monoisotopic (exact) mass is 393 g/mol. The number of amides is 1. The van der Waals surface area contributed by atoms with Crippen LogP contribution in [0, 0.1) is 0 Å². The Morgan fingerprint density at radius 2 is 2.07 bits per heavy atom. The first-order chi connectivity index (χ1) is 13.7. The first-order valence-electron chi connectivity index (χ1n) is 9.11. The second-order valence-corrected chi connectivity index (χ2v) is 6.98. The number of aromatic nitrogens is 2. The largest absolute Gasteiger partial charge is 0.339 e. The van der Waals surface area contributed by atoms with Crippen molar-refractivity contribution in [2.75, 3.05) is 25.0 Å². The minimum Gasteiger partial charge on any atom is -0.339 e. The highest BCUT2D eigenvalue weighted by molar-refractivity contribution is 6.31. The summed E-state index contributed by atoms with van der Waals surface area (Å²) in [7, 11) is 0. The van der Waals surface area contributed by atoms with Gasteiger partial charge in [-0.1, -0.05) is 35.9 Å². The number of nitrogens with zero attached hydrogens (tertiary/aromatic N) is 3. The van der Waals surface area contributed by atoms with Gasteiger partial charge in [0, 0.05) is 48.3 Å². The summed E-state index contributed by atoms with van der Waals surface area (Å²) >= 11 is 6.34. The van der Waals surface area contributed by atoms with Crippen LogP contribution in [-0.2, 0) is 0 Å². The van der Waals surface area contributed by atoms with Crippen LogP contribution in [0.2, 0.25) is 5.02 Å². The normalized spacial score (nSPS) is 16.6. The number of carbonyl (C=O) groups excluding carboxylic acids is 1. The molecular weight excluding hydrogens is 374 g/mol. The molecule has 0 radical (unpaired) electrons. The molecule has 4 rings (SSSR count). The minimum absolute atomic E-state index is 0.00125. The van der Waals surface area contributed by atoms with E-state index in [9.17, 15) is 4.79 Å². The van der Waals surface area contributed by atoms with Crippen LogP contribution in [0.1, 0.15) is 22.0 Å². The van der Waals surface area contributed by atoms with Crippen molar-refractivity contribution in [2.45, 2.75) is 6.04 Å². The summed E-state index contributed by atoms with van der Waals surface area (Å²) in [4.78, 5) is 23.2. The summed E-state index contributed by atoms with van der Waals surface area (Å²) in [6.45, 7) is 1.95. The van der Waals surface area contributed by atoms with E-state index in [0.29, 0.717) is 29.5 Å². The average molecular weight is 394 g/mol. The number of anilines is 2. The van der Waals surface area contributed by atoms with Crippen molar-refractivity contribution < 1.29 is 4.79 Å². The predicted molar refractivity (Wildman–Crippen MR) is 110 cm³/mol. The molecule has 1 atom stereocenters. The molecule has 1 aliphatic heterocycles. The van der Waals surface area contributed by atoms with Crippen molar-refractivity contribution in [3.05, 3.63) is 83.3 Å². The number of rotatable bonds is 4. The molecular formula is C21H20ClN5O. The number of hydrogen-bond donors (Lipinski definition) is 2. The van der Waals surface area contributed by atoms with Gasteiger partial charge in [-0.2, -0.15) is 0 Å². The average Bonchev–Trinajstić information content (AvgIpc) is 2.74. The van der Waals surface area contributed by atoms with Gasteiger partial charge >= 0.3 is 0 Å². The molecule has 2 N–H and O–H groups in total. The van der Waals surface area contributed by atoms with E-state index >= 15 is 0 Å². The van der Waals surface area contributed by atoms with Crippen molar-refractivity contribution >= 4 is 29.0 Å². The Bertz CT molecular complexity index is 966. The maximum Gasteiger partial charge on any atom is 0.254 e. The van der Waals surface area contributed by atoms with E-state index in [0.717, 1.165) is 17.8 Å². The predicted octanol–water partition coefficient (Wildman–Crippen LogP) is 3.66. The van der Waals surface area contributed by atoms with Crippen LogP contribution in [0.25, 0.3) is 0 Å². The highest BCUT2D eigenvalue weighted by Crippen LogP contribution is 2.26. The molecule has 0 bridgehead atoms. The van der Waals surface area contributed by atoms with Crippen LogP contribution >= 0.6 is 11.6 Å².